The molecule has 1 amide bonds. The van der Waals surface area contributed by atoms with E-state index in [2.05, 4.69) is 20.7 Å². The number of nitrogens with one attached hydrogen (secondary N) is 2. The number of carbonyl (C=O) groups is 1. The molecule has 1 heterocycles. The van der Waals surface area contributed by atoms with E-state index in [1.807, 2.05) is 13.0 Å². The van der Waals surface area contributed by atoms with E-state index in [9.17, 15) is 4.79 Å². The second-order valence-electron chi connectivity index (χ2n) is 4.22. The van der Waals surface area contributed by atoms with Gasteiger partial charge in [-0.1, -0.05) is 6.07 Å². The topological polar surface area (TPSA) is 88.6 Å². The second-order valence-corrected chi connectivity index (χ2v) is 4.22. The lowest BCUT2D eigenvalue weighted by molar-refractivity contribution is 0.0950. The third kappa shape index (κ3) is 3.38. The largest absolute Gasteiger partial charge is 0.493 e. The minimum absolute atomic E-state index is 0.280. The minimum atomic E-state index is -0.391. The summed E-state index contributed by atoms with van der Waals surface area (Å²) in [7, 11) is 3.10. The number of hydrazone groups is 1. The number of H-pyrrole nitrogens is 1. The van der Waals surface area contributed by atoms with Gasteiger partial charge in [-0.05, 0) is 25.1 Å². The van der Waals surface area contributed by atoms with Gasteiger partial charge < -0.3 is 9.47 Å². The predicted molar refractivity (Wildman–Crippen MR) is 77.9 cm³/mol. The highest BCUT2D eigenvalue weighted by molar-refractivity contribution is 5.93. The van der Waals surface area contributed by atoms with Crippen molar-refractivity contribution in [1.29, 1.82) is 0 Å². The second kappa shape index (κ2) is 6.56. The molecule has 0 bridgehead atoms. The van der Waals surface area contributed by atoms with E-state index in [1.165, 1.54) is 6.21 Å². The summed E-state index contributed by atoms with van der Waals surface area (Å²) >= 11 is 0. The molecular weight excluding hydrogens is 272 g/mol. The minimum Gasteiger partial charge on any atom is -0.493 e. The number of carbonyl (C=O) groups excluding carboxylic acids is 1. The van der Waals surface area contributed by atoms with Crippen molar-refractivity contribution in [3.63, 3.8) is 0 Å². The van der Waals surface area contributed by atoms with Crippen LogP contribution in [0.1, 0.15) is 21.7 Å². The van der Waals surface area contributed by atoms with Gasteiger partial charge in [0.1, 0.15) is 0 Å². The van der Waals surface area contributed by atoms with E-state index in [0.717, 1.165) is 5.69 Å². The molecule has 0 fully saturated rings. The molecule has 2 rings (SSSR count). The monoisotopic (exact) mass is 288 g/mol. The summed E-state index contributed by atoms with van der Waals surface area (Å²) < 4.78 is 10.5. The van der Waals surface area contributed by atoms with E-state index < -0.39 is 5.91 Å². The fourth-order valence-corrected chi connectivity index (χ4v) is 1.77. The number of nitrogens with zero attached hydrogens (tertiary/aromatic N) is 2. The zero-order chi connectivity index (χ0) is 15.2. The van der Waals surface area contributed by atoms with Crippen LogP contribution in [0.2, 0.25) is 0 Å². The Bertz CT molecular complexity index is 664. The summed E-state index contributed by atoms with van der Waals surface area (Å²) in [6.07, 6.45) is 1.48. The van der Waals surface area contributed by atoms with Gasteiger partial charge in [-0.15, -0.1) is 0 Å². The molecule has 0 saturated carbocycles. The van der Waals surface area contributed by atoms with Crippen molar-refractivity contribution in [3.05, 3.63) is 41.2 Å². The molecule has 0 atom stereocenters. The highest BCUT2D eigenvalue weighted by atomic mass is 16.5. The van der Waals surface area contributed by atoms with Crippen molar-refractivity contribution in [2.24, 2.45) is 5.10 Å². The van der Waals surface area contributed by atoms with Crippen LogP contribution in [-0.2, 0) is 0 Å². The number of aryl methyl sites for hydroxylation is 1. The van der Waals surface area contributed by atoms with Crippen molar-refractivity contribution in [2.75, 3.05) is 14.2 Å². The van der Waals surface area contributed by atoms with Gasteiger partial charge in [0, 0.05) is 11.3 Å². The first-order chi connectivity index (χ1) is 10.2. The van der Waals surface area contributed by atoms with Crippen LogP contribution in [-0.4, -0.2) is 36.5 Å². The molecule has 0 spiro atoms. The molecule has 0 aliphatic carbocycles. The molecule has 0 saturated heterocycles. The number of ether oxygens (including phenoxy) is 2. The maximum absolute atomic E-state index is 11.8. The van der Waals surface area contributed by atoms with Crippen LogP contribution in [0.15, 0.2) is 29.4 Å². The van der Waals surface area contributed by atoms with E-state index in [0.29, 0.717) is 17.1 Å². The number of methoxy groups -OCH3 is 2. The van der Waals surface area contributed by atoms with Crippen molar-refractivity contribution in [3.8, 4) is 11.5 Å². The lowest BCUT2D eigenvalue weighted by Crippen LogP contribution is -2.18. The molecule has 21 heavy (non-hydrogen) atoms. The summed E-state index contributed by atoms with van der Waals surface area (Å²) in [5, 5.41) is 10.4. The summed E-state index contributed by atoms with van der Waals surface area (Å²) in [6, 6.07) is 7.02. The van der Waals surface area contributed by atoms with Crippen LogP contribution in [0, 0.1) is 6.92 Å². The Morgan fingerprint density at radius 1 is 1.38 bits per heavy atom. The Morgan fingerprint density at radius 2 is 2.19 bits per heavy atom. The van der Waals surface area contributed by atoms with Crippen molar-refractivity contribution in [1.82, 2.24) is 15.6 Å². The van der Waals surface area contributed by atoms with Crippen LogP contribution >= 0.6 is 0 Å². The highest BCUT2D eigenvalue weighted by Crippen LogP contribution is 2.29. The highest BCUT2D eigenvalue weighted by Gasteiger charge is 2.09. The lowest BCUT2D eigenvalue weighted by atomic mass is 10.2. The average molecular weight is 288 g/mol. The van der Waals surface area contributed by atoms with E-state index >= 15 is 0 Å². The maximum Gasteiger partial charge on any atom is 0.291 e. The normalized spacial score (nSPS) is 10.6. The molecule has 7 heteroatoms. The number of aromatic amines is 1. The maximum atomic E-state index is 11.8. The molecule has 0 aliphatic heterocycles. The van der Waals surface area contributed by atoms with E-state index in [4.69, 9.17) is 9.47 Å². The summed E-state index contributed by atoms with van der Waals surface area (Å²) in [5.74, 6) is 0.752. The zero-order valence-electron chi connectivity index (χ0n) is 12.0. The van der Waals surface area contributed by atoms with Gasteiger partial charge in [0.25, 0.3) is 5.91 Å². The molecule has 1 aromatic carbocycles. The van der Waals surface area contributed by atoms with Gasteiger partial charge >= 0.3 is 0 Å². The molecule has 2 aromatic rings. The van der Waals surface area contributed by atoms with Crippen LogP contribution < -0.4 is 14.9 Å². The molecule has 0 unspecified atom stereocenters. The van der Waals surface area contributed by atoms with Gasteiger partial charge in [0.05, 0.1) is 20.4 Å². The van der Waals surface area contributed by atoms with Crippen molar-refractivity contribution in [2.45, 2.75) is 6.92 Å². The van der Waals surface area contributed by atoms with Crippen LogP contribution in [0.5, 0.6) is 11.5 Å². The Kier molecular flexibility index (Phi) is 4.55. The Morgan fingerprint density at radius 3 is 2.81 bits per heavy atom. The van der Waals surface area contributed by atoms with E-state index in [-0.39, 0.29) is 5.69 Å². The number of hydrogen-bond donors (Lipinski definition) is 2. The fourth-order valence-electron chi connectivity index (χ4n) is 1.77. The van der Waals surface area contributed by atoms with Crippen molar-refractivity contribution >= 4 is 12.1 Å². The number of aromatic nitrogens is 2. The molecule has 0 aliphatic rings. The summed E-state index contributed by atoms with van der Waals surface area (Å²) in [5.41, 5.74) is 4.18. The molecule has 7 nitrogen and oxygen atoms in total. The van der Waals surface area contributed by atoms with Crippen molar-refractivity contribution < 1.29 is 14.3 Å². The smallest absolute Gasteiger partial charge is 0.291 e. The molecule has 0 radical (unpaired) electrons. The quantitative estimate of drug-likeness (QED) is 0.644. The van der Waals surface area contributed by atoms with Crippen LogP contribution in [0.4, 0.5) is 0 Å². The average Bonchev–Trinajstić information content (AvgIpc) is 2.93. The predicted octanol–water partition coefficient (Wildman–Crippen LogP) is 1.50. The SMILES string of the molecule is COc1cccc(C=NNC(=O)c2cc(C)[nH]n2)c1OC. The standard InChI is InChI=1S/C14H16N4O3/c1-9-7-11(17-16-9)14(19)18-15-8-10-5-4-6-12(20-2)13(10)21-3/h4-8H,1-3H3,(H,16,17)(H,18,19). The Balaban J connectivity index is 2.09. The summed E-state index contributed by atoms with van der Waals surface area (Å²) in [4.78, 5) is 11.8. The van der Waals surface area contributed by atoms with Gasteiger partial charge in [-0.3, -0.25) is 9.89 Å². The van der Waals surface area contributed by atoms with Gasteiger partial charge in [0.15, 0.2) is 17.2 Å². The van der Waals surface area contributed by atoms with Gasteiger partial charge in [0.2, 0.25) is 0 Å². The first-order valence-corrected chi connectivity index (χ1v) is 6.22. The summed E-state index contributed by atoms with van der Waals surface area (Å²) in [6.45, 7) is 1.81. The number of hydrogen-bond acceptors (Lipinski definition) is 5. The first-order valence-electron chi connectivity index (χ1n) is 6.22. The van der Waals surface area contributed by atoms with Crippen LogP contribution in [0.3, 0.4) is 0 Å². The zero-order valence-corrected chi connectivity index (χ0v) is 12.0. The lowest BCUT2D eigenvalue weighted by Gasteiger charge is -2.09. The Labute approximate surface area is 122 Å². The third-order valence-corrected chi connectivity index (χ3v) is 2.74. The Hall–Kier alpha value is -2.83. The molecular formula is C14H16N4O3. The molecule has 1 aromatic heterocycles. The number of rotatable bonds is 5. The van der Waals surface area contributed by atoms with Crippen LogP contribution in [0.25, 0.3) is 0 Å². The number of amides is 1. The first kappa shape index (κ1) is 14.6. The molecule has 2 N–H and O–H groups in total. The number of benzene rings is 1. The van der Waals surface area contributed by atoms with Gasteiger partial charge in [-0.2, -0.15) is 10.2 Å². The van der Waals surface area contributed by atoms with Gasteiger partial charge in [-0.25, -0.2) is 5.43 Å². The molecule has 110 valence electrons. The number of para-hydroxylation sites is 1. The fraction of sp³-hybridized carbons (Fsp3) is 0.214. The third-order valence-electron chi connectivity index (χ3n) is 2.74. The van der Waals surface area contributed by atoms with E-state index in [1.54, 1.807) is 32.4 Å².